The molecular formula is C24H28FN3O. The fraction of sp³-hybridized carbons (Fsp3) is 0.375. The molecule has 0 spiro atoms. The topological polar surface area (TPSA) is 48.4 Å². The molecule has 2 heterocycles. The first-order valence-corrected chi connectivity index (χ1v) is 10.4. The van der Waals surface area contributed by atoms with Crippen LogP contribution in [0, 0.1) is 11.7 Å². The number of nitrogens with one attached hydrogen (secondary N) is 1. The molecule has 5 heteroatoms. The Kier molecular flexibility index (Phi) is 6.37. The summed E-state index contributed by atoms with van der Waals surface area (Å²) in [7, 11) is 0. The first kappa shape index (κ1) is 19.8. The molecule has 1 fully saturated rings. The quantitative estimate of drug-likeness (QED) is 0.598. The van der Waals surface area contributed by atoms with Crippen LogP contribution in [0.25, 0.3) is 10.9 Å². The van der Waals surface area contributed by atoms with Crippen molar-refractivity contribution < 1.29 is 9.50 Å². The van der Waals surface area contributed by atoms with Gasteiger partial charge in [-0.15, -0.1) is 0 Å². The van der Waals surface area contributed by atoms with Crippen molar-refractivity contribution in [3.63, 3.8) is 0 Å². The maximum atomic E-state index is 13.7. The van der Waals surface area contributed by atoms with Crippen molar-refractivity contribution in [1.29, 1.82) is 0 Å². The Morgan fingerprint density at radius 3 is 2.83 bits per heavy atom. The molecule has 2 N–H and O–H groups in total. The van der Waals surface area contributed by atoms with Gasteiger partial charge in [0.15, 0.2) is 0 Å². The van der Waals surface area contributed by atoms with E-state index in [1.54, 1.807) is 6.07 Å². The number of aromatic nitrogens is 1. The Morgan fingerprint density at radius 2 is 2.00 bits per heavy atom. The van der Waals surface area contributed by atoms with E-state index in [1.165, 1.54) is 17.7 Å². The molecule has 0 radical (unpaired) electrons. The van der Waals surface area contributed by atoms with Crippen molar-refractivity contribution in [2.45, 2.75) is 25.8 Å². The van der Waals surface area contributed by atoms with Crippen LogP contribution in [0.2, 0.25) is 0 Å². The van der Waals surface area contributed by atoms with Crippen LogP contribution in [0.1, 0.15) is 24.0 Å². The summed E-state index contributed by atoms with van der Waals surface area (Å²) in [5.74, 6) is 0.915. The van der Waals surface area contributed by atoms with E-state index >= 15 is 0 Å². The third-order valence-corrected chi connectivity index (χ3v) is 5.66. The van der Waals surface area contributed by atoms with Crippen LogP contribution in [-0.2, 0) is 13.0 Å². The first-order valence-electron chi connectivity index (χ1n) is 10.4. The van der Waals surface area contributed by atoms with Crippen LogP contribution in [0.3, 0.4) is 0 Å². The molecule has 0 saturated carbocycles. The van der Waals surface area contributed by atoms with Gasteiger partial charge in [0.1, 0.15) is 11.6 Å². The average molecular weight is 394 g/mol. The van der Waals surface area contributed by atoms with Gasteiger partial charge in [-0.25, -0.2) is 9.37 Å². The van der Waals surface area contributed by atoms with E-state index in [1.807, 2.05) is 6.07 Å². The number of anilines is 1. The zero-order valence-corrected chi connectivity index (χ0v) is 16.6. The number of aliphatic hydroxyl groups is 1. The van der Waals surface area contributed by atoms with Gasteiger partial charge in [0, 0.05) is 43.3 Å². The van der Waals surface area contributed by atoms with Gasteiger partial charge < -0.3 is 15.3 Å². The van der Waals surface area contributed by atoms with Crippen LogP contribution in [0.4, 0.5) is 10.2 Å². The third-order valence-electron chi connectivity index (χ3n) is 5.66. The van der Waals surface area contributed by atoms with Crippen molar-refractivity contribution in [3.8, 4) is 0 Å². The molecule has 0 amide bonds. The molecule has 0 aliphatic carbocycles. The van der Waals surface area contributed by atoms with Gasteiger partial charge in [-0.2, -0.15) is 0 Å². The molecule has 0 bridgehead atoms. The number of piperidine rings is 1. The average Bonchev–Trinajstić information content (AvgIpc) is 2.77. The van der Waals surface area contributed by atoms with E-state index in [4.69, 9.17) is 4.98 Å². The molecule has 1 aliphatic heterocycles. The lowest BCUT2D eigenvalue weighted by atomic mass is 9.98. The maximum absolute atomic E-state index is 13.7. The fourth-order valence-corrected chi connectivity index (χ4v) is 4.08. The number of halogens is 1. The summed E-state index contributed by atoms with van der Waals surface area (Å²) in [4.78, 5) is 7.08. The standard InChI is InChI=1S/C24H28FN3O/c25-22-9-8-20-13-21(15-26-11-10-18-5-2-1-3-6-18)24(27-23(20)14-22)28-12-4-7-19(16-28)17-29/h1-3,5-6,8-9,13-14,19,26,29H,4,7,10-12,15-17H2/t19-/m1/s1. The highest BCUT2D eigenvalue weighted by Crippen LogP contribution is 2.28. The van der Waals surface area contributed by atoms with Crippen molar-refractivity contribution in [2.24, 2.45) is 5.92 Å². The zero-order valence-electron chi connectivity index (χ0n) is 16.6. The second-order valence-electron chi connectivity index (χ2n) is 7.86. The highest BCUT2D eigenvalue weighted by atomic mass is 19.1. The van der Waals surface area contributed by atoms with E-state index in [2.05, 4.69) is 40.5 Å². The van der Waals surface area contributed by atoms with Gasteiger partial charge >= 0.3 is 0 Å². The lowest BCUT2D eigenvalue weighted by molar-refractivity contribution is 0.208. The molecule has 1 aromatic heterocycles. The van der Waals surface area contributed by atoms with E-state index in [0.717, 1.165) is 55.7 Å². The molecule has 1 aliphatic rings. The minimum Gasteiger partial charge on any atom is -0.396 e. The Morgan fingerprint density at radius 1 is 1.14 bits per heavy atom. The number of nitrogens with zero attached hydrogens (tertiary/aromatic N) is 2. The Hall–Kier alpha value is -2.50. The summed E-state index contributed by atoms with van der Waals surface area (Å²) < 4.78 is 13.7. The fourth-order valence-electron chi connectivity index (χ4n) is 4.08. The number of rotatable bonds is 7. The molecule has 0 unspecified atom stereocenters. The van der Waals surface area contributed by atoms with Crippen molar-refractivity contribution >= 4 is 16.7 Å². The molecule has 1 atom stereocenters. The molecule has 1 saturated heterocycles. The molecular weight excluding hydrogens is 365 g/mol. The zero-order chi connectivity index (χ0) is 20.1. The van der Waals surface area contributed by atoms with Gasteiger partial charge in [-0.1, -0.05) is 30.3 Å². The SMILES string of the molecule is OC[C@@H]1CCCN(c2nc3cc(F)ccc3cc2CNCCc2ccccc2)C1. The number of pyridine rings is 1. The van der Waals surface area contributed by atoms with E-state index in [0.29, 0.717) is 12.1 Å². The summed E-state index contributed by atoms with van der Waals surface area (Å²) in [6.07, 6.45) is 3.05. The van der Waals surface area contributed by atoms with Crippen molar-refractivity contribution in [2.75, 3.05) is 31.1 Å². The second kappa shape index (κ2) is 9.33. The van der Waals surface area contributed by atoms with E-state index in [9.17, 15) is 9.50 Å². The summed E-state index contributed by atoms with van der Waals surface area (Å²) in [6, 6.07) is 17.3. The highest BCUT2D eigenvalue weighted by molar-refractivity contribution is 5.82. The number of aliphatic hydroxyl groups excluding tert-OH is 1. The molecule has 4 rings (SSSR count). The molecule has 4 nitrogen and oxygen atoms in total. The summed E-state index contributed by atoms with van der Waals surface area (Å²) in [5, 5.41) is 14.1. The minimum absolute atomic E-state index is 0.198. The van der Waals surface area contributed by atoms with Gasteiger partial charge in [0.05, 0.1) is 5.52 Å². The predicted molar refractivity (Wildman–Crippen MR) is 116 cm³/mol. The summed E-state index contributed by atoms with van der Waals surface area (Å²) in [6.45, 7) is 3.50. The van der Waals surface area contributed by atoms with Crippen LogP contribution in [-0.4, -0.2) is 36.3 Å². The summed E-state index contributed by atoms with van der Waals surface area (Å²) in [5.41, 5.74) is 3.11. The molecule has 3 aromatic rings. The van der Waals surface area contributed by atoms with Gasteiger partial charge in [0.2, 0.25) is 0 Å². The van der Waals surface area contributed by atoms with Gasteiger partial charge in [-0.05, 0) is 55.5 Å². The summed E-state index contributed by atoms with van der Waals surface area (Å²) >= 11 is 0. The normalized spacial score (nSPS) is 17.0. The second-order valence-corrected chi connectivity index (χ2v) is 7.86. The van der Waals surface area contributed by atoms with Gasteiger partial charge in [-0.3, -0.25) is 0 Å². The highest BCUT2D eigenvalue weighted by Gasteiger charge is 2.22. The monoisotopic (exact) mass is 393 g/mol. The number of fused-ring (bicyclic) bond motifs is 1. The number of hydrogen-bond acceptors (Lipinski definition) is 4. The van der Waals surface area contributed by atoms with Crippen molar-refractivity contribution in [3.05, 3.63) is 71.5 Å². The van der Waals surface area contributed by atoms with E-state index < -0.39 is 0 Å². The minimum atomic E-state index is -0.267. The van der Waals surface area contributed by atoms with Crippen LogP contribution in [0.15, 0.2) is 54.6 Å². The van der Waals surface area contributed by atoms with Crippen molar-refractivity contribution in [1.82, 2.24) is 10.3 Å². The lowest BCUT2D eigenvalue weighted by Crippen LogP contribution is -2.38. The molecule has 29 heavy (non-hydrogen) atoms. The van der Waals surface area contributed by atoms with E-state index in [-0.39, 0.29) is 18.3 Å². The van der Waals surface area contributed by atoms with Crippen LogP contribution in [0.5, 0.6) is 0 Å². The number of hydrogen-bond donors (Lipinski definition) is 2. The molecule has 152 valence electrons. The Bertz CT molecular complexity index is 948. The smallest absolute Gasteiger partial charge is 0.133 e. The predicted octanol–water partition coefficient (Wildman–Crippen LogP) is 3.91. The first-order chi connectivity index (χ1) is 14.2. The molecule has 2 aromatic carbocycles. The third kappa shape index (κ3) is 4.92. The van der Waals surface area contributed by atoms with Crippen LogP contribution >= 0.6 is 0 Å². The number of benzene rings is 2. The maximum Gasteiger partial charge on any atom is 0.133 e. The largest absolute Gasteiger partial charge is 0.396 e. The lowest BCUT2D eigenvalue weighted by Gasteiger charge is -2.34. The Balaban J connectivity index is 1.54. The van der Waals surface area contributed by atoms with Crippen LogP contribution < -0.4 is 10.2 Å². The Labute approximate surface area is 171 Å². The van der Waals surface area contributed by atoms with Gasteiger partial charge in [0.25, 0.3) is 0 Å².